The summed E-state index contributed by atoms with van der Waals surface area (Å²) in [6.07, 6.45) is 2.85. The van der Waals surface area contributed by atoms with Gasteiger partial charge in [0.25, 0.3) is 11.6 Å². The number of rotatable bonds is 2. The smallest absolute Gasteiger partial charge is 0.309 e. The second kappa shape index (κ2) is 4.78. The summed E-state index contributed by atoms with van der Waals surface area (Å²) in [5.74, 6) is 0.0481. The van der Waals surface area contributed by atoms with E-state index in [1.807, 2.05) is 0 Å². The number of hydrogen-bond donors (Lipinski definition) is 0. The molecule has 2 bridgehead atoms. The topological polar surface area (TPSA) is 83.8 Å². The highest BCUT2D eigenvalue weighted by Crippen LogP contribution is 2.48. The highest BCUT2D eigenvalue weighted by molar-refractivity contribution is 6.25. The van der Waals surface area contributed by atoms with Crippen LogP contribution in [0, 0.1) is 16.0 Å². The third-order valence-corrected chi connectivity index (χ3v) is 5.79. The van der Waals surface area contributed by atoms with Crippen LogP contribution in [0.15, 0.2) is 36.4 Å². The average Bonchev–Trinajstić information content (AvgIpc) is 3.28. The summed E-state index contributed by atoms with van der Waals surface area (Å²) in [5.41, 5.74) is 0.406. The number of benzene rings is 2. The molecule has 1 saturated carbocycles. The van der Waals surface area contributed by atoms with Gasteiger partial charge in [-0.05, 0) is 37.3 Å². The van der Waals surface area contributed by atoms with Crippen molar-refractivity contribution in [2.24, 2.45) is 5.92 Å². The largest absolute Gasteiger partial charge is 0.332 e. The fraction of sp³-hybridized carbons (Fsp3) is 0.333. The van der Waals surface area contributed by atoms with Crippen molar-refractivity contribution in [3.63, 3.8) is 0 Å². The van der Waals surface area contributed by atoms with Crippen molar-refractivity contribution in [2.75, 3.05) is 4.90 Å². The van der Waals surface area contributed by atoms with Crippen molar-refractivity contribution in [3.05, 3.63) is 46.5 Å². The zero-order chi connectivity index (χ0) is 17.3. The molecule has 2 aromatic carbocycles. The Morgan fingerprint density at radius 1 is 1.04 bits per heavy atom. The normalized spacial score (nSPS) is 27.4. The minimum atomic E-state index is -0.446. The molecule has 2 aromatic rings. The first kappa shape index (κ1) is 14.4. The first-order chi connectivity index (χ1) is 12.1. The predicted molar refractivity (Wildman–Crippen MR) is 90.2 cm³/mol. The van der Waals surface area contributed by atoms with Crippen molar-refractivity contribution in [3.8, 4) is 0 Å². The van der Waals surface area contributed by atoms with Gasteiger partial charge in [-0.1, -0.05) is 18.2 Å². The Morgan fingerprint density at radius 3 is 2.52 bits per heavy atom. The van der Waals surface area contributed by atoms with Crippen molar-refractivity contribution >= 4 is 34.1 Å². The zero-order valence-electron chi connectivity index (χ0n) is 13.3. The van der Waals surface area contributed by atoms with E-state index in [0.717, 1.165) is 19.3 Å². The Kier molecular flexibility index (Phi) is 2.75. The van der Waals surface area contributed by atoms with Crippen molar-refractivity contribution in [1.82, 2.24) is 4.90 Å². The molecule has 2 saturated heterocycles. The number of anilines is 1. The van der Waals surface area contributed by atoms with Crippen LogP contribution in [-0.4, -0.2) is 33.8 Å². The lowest BCUT2D eigenvalue weighted by Gasteiger charge is -2.25. The summed E-state index contributed by atoms with van der Waals surface area (Å²) in [6.45, 7) is 0. The number of carbonyl (C=O) groups is 2. The average molecular weight is 337 g/mol. The number of nitro groups is 1. The zero-order valence-corrected chi connectivity index (χ0v) is 13.3. The number of amides is 3. The van der Waals surface area contributed by atoms with E-state index in [9.17, 15) is 19.7 Å². The monoisotopic (exact) mass is 337 g/mol. The van der Waals surface area contributed by atoms with Gasteiger partial charge in [-0.25, -0.2) is 9.69 Å². The van der Waals surface area contributed by atoms with Gasteiger partial charge in [0, 0.05) is 17.5 Å². The summed E-state index contributed by atoms with van der Waals surface area (Å²) in [6, 6.07) is 9.22. The number of fused-ring (bicyclic) bond motifs is 6. The molecule has 3 fully saturated rings. The van der Waals surface area contributed by atoms with Gasteiger partial charge in [0.1, 0.15) is 6.04 Å². The minimum Gasteiger partial charge on any atom is -0.309 e. The number of hydrogen-bond acceptors (Lipinski definition) is 4. The van der Waals surface area contributed by atoms with E-state index in [0.29, 0.717) is 16.5 Å². The maximum absolute atomic E-state index is 13.0. The van der Waals surface area contributed by atoms with Crippen LogP contribution >= 0.6 is 0 Å². The van der Waals surface area contributed by atoms with E-state index >= 15 is 0 Å². The van der Waals surface area contributed by atoms with Gasteiger partial charge in [0.2, 0.25) is 0 Å². The van der Waals surface area contributed by atoms with Gasteiger partial charge in [-0.2, -0.15) is 0 Å². The van der Waals surface area contributed by atoms with Gasteiger partial charge < -0.3 is 4.90 Å². The lowest BCUT2D eigenvalue weighted by molar-refractivity contribution is -0.383. The molecular weight excluding hydrogens is 322 g/mol. The quantitative estimate of drug-likeness (QED) is 0.479. The van der Waals surface area contributed by atoms with Gasteiger partial charge >= 0.3 is 6.03 Å². The van der Waals surface area contributed by atoms with E-state index in [1.54, 1.807) is 29.2 Å². The highest BCUT2D eigenvalue weighted by Gasteiger charge is 2.59. The molecule has 3 aliphatic rings. The van der Waals surface area contributed by atoms with Gasteiger partial charge in [-0.3, -0.25) is 14.9 Å². The third-order valence-electron chi connectivity index (χ3n) is 5.79. The summed E-state index contributed by atoms with van der Waals surface area (Å²) < 4.78 is 0. The number of nitrogens with zero attached hydrogens (tertiary/aromatic N) is 3. The SMILES string of the molecule is O=C1C2[C@H]3CC[C@@H](C3)N2C(=O)N1c1ccc([N+](=O)[O-])c2ccccc12. The van der Waals surface area contributed by atoms with Crippen molar-refractivity contribution in [1.29, 1.82) is 0 Å². The summed E-state index contributed by atoms with van der Waals surface area (Å²) in [4.78, 5) is 39.7. The predicted octanol–water partition coefficient (Wildman–Crippen LogP) is 3.07. The van der Waals surface area contributed by atoms with Gasteiger partial charge in [-0.15, -0.1) is 0 Å². The molecule has 7 heteroatoms. The maximum Gasteiger partial charge on any atom is 0.332 e. The first-order valence-electron chi connectivity index (χ1n) is 8.40. The van der Waals surface area contributed by atoms with E-state index in [4.69, 9.17) is 0 Å². The van der Waals surface area contributed by atoms with Crippen LogP contribution < -0.4 is 4.90 Å². The molecule has 126 valence electrons. The fourth-order valence-electron chi connectivity index (χ4n) is 4.77. The van der Waals surface area contributed by atoms with Crippen LogP contribution in [0.25, 0.3) is 10.8 Å². The first-order valence-corrected chi connectivity index (χ1v) is 8.40. The number of imide groups is 1. The third kappa shape index (κ3) is 1.75. The maximum atomic E-state index is 13.0. The van der Waals surface area contributed by atoms with Crippen LogP contribution in [0.1, 0.15) is 19.3 Å². The van der Waals surface area contributed by atoms with Crippen LogP contribution in [0.5, 0.6) is 0 Å². The minimum absolute atomic E-state index is 0.0287. The molecule has 2 heterocycles. The highest BCUT2D eigenvalue weighted by atomic mass is 16.6. The molecule has 0 N–H and O–H groups in total. The van der Waals surface area contributed by atoms with E-state index < -0.39 is 4.92 Å². The van der Waals surface area contributed by atoms with Crippen LogP contribution in [-0.2, 0) is 4.79 Å². The molecule has 7 nitrogen and oxygen atoms in total. The standard InChI is InChI=1S/C18H15N3O4/c22-17-16-10-5-6-11(9-10)19(16)18(23)20(17)14-7-8-15(21(24)25)13-4-2-1-3-12(13)14/h1-4,7-8,10-11,16H,5-6,9H2/t10-,11-,16?/m0/s1. The van der Waals surface area contributed by atoms with E-state index in [1.165, 1.54) is 17.0 Å². The van der Waals surface area contributed by atoms with Crippen LogP contribution in [0.4, 0.5) is 16.2 Å². The summed E-state index contributed by atoms with van der Waals surface area (Å²) in [5, 5.41) is 12.3. The molecule has 0 spiro atoms. The lowest BCUT2D eigenvalue weighted by Crippen LogP contribution is -2.40. The molecule has 25 heavy (non-hydrogen) atoms. The van der Waals surface area contributed by atoms with Crippen LogP contribution in [0.2, 0.25) is 0 Å². The Balaban J connectivity index is 1.67. The Morgan fingerprint density at radius 2 is 1.80 bits per heavy atom. The number of non-ortho nitro benzene ring substituents is 1. The van der Waals surface area contributed by atoms with Gasteiger partial charge in [0.15, 0.2) is 0 Å². The summed E-state index contributed by atoms with van der Waals surface area (Å²) >= 11 is 0. The van der Waals surface area contributed by atoms with Crippen molar-refractivity contribution < 1.29 is 14.5 Å². The molecule has 2 aliphatic heterocycles. The van der Waals surface area contributed by atoms with Gasteiger partial charge in [0.05, 0.1) is 16.0 Å². The second-order valence-electron chi connectivity index (χ2n) is 6.94. The molecule has 1 aliphatic carbocycles. The molecule has 1 unspecified atom stereocenters. The number of carbonyl (C=O) groups excluding carboxylic acids is 2. The molecule has 3 amide bonds. The molecular formula is C18H15N3O4. The number of piperidine rings is 1. The van der Waals surface area contributed by atoms with E-state index in [2.05, 4.69) is 0 Å². The number of nitro benzene ring substituents is 1. The van der Waals surface area contributed by atoms with Crippen molar-refractivity contribution in [2.45, 2.75) is 31.3 Å². The number of urea groups is 1. The van der Waals surface area contributed by atoms with E-state index in [-0.39, 0.29) is 35.6 Å². The molecule has 0 radical (unpaired) electrons. The molecule has 0 aromatic heterocycles. The summed E-state index contributed by atoms with van der Waals surface area (Å²) in [7, 11) is 0. The Labute approximate surface area is 143 Å². The lowest BCUT2D eigenvalue weighted by atomic mass is 9.99. The van der Waals surface area contributed by atoms with Crippen LogP contribution in [0.3, 0.4) is 0 Å². The second-order valence-corrected chi connectivity index (χ2v) is 6.94. The Hall–Kier alpha value is -2.96. The Bertz CT molecular complexity index is 928. The molecule has 5 rings (SSSR count). The molecule has 3 atom stereocenters. The fourth-order valence-corrected chi connectivity index (χ4v) is 4.77.